The van der Waals surface area contributed by atoms with Gasteiger partial charge in [0, 0.05) is 19.8 Å². The molecule has 4 rings (SSSR count). The van der Waals surface area contributed by atoms with Gasteiger partial charge in [0.05, 0.1) is 12.1 Å². The molecule has 0 spiro atoms. The van der Waals surface area contributed by atoms with Crippen LogP contribution in [0.5, 0.6) is 11.5 Å². The monoisotopic (exact) mass is 398 g/mol. The van der Waals surface area contributed by atoms with Crippen molar-refractivity contribution >= 4 is 11.6 Å². The molecule has 0 bridgehead atoms. The van der Waals surface area contributed by atoms with E-state index in [0.717, 1.165) is 0 Å². The molecule has 2 aromatic carbocycles. The normalized spacial score (nSPS) is 15.1. The number of para-hydroxylation sites is 2. The standard InChI is InChI=1S/C20H19FN4O4/c1-25(2)20(26)13-9-12(7-8-14(13)21)22-10-18-23-19(29-24-18)17-11-27-15-5-3-4-6-16(15)28-17/h3-9,17,22H,10-11H2,1-2H3. The van der Waals surface area contributed by atoms with Crippen LogP contribution in [0.3, 0.4) is 0 Å². The SMILES string of the molecule is CN(C)C(=O)c1cc(NCc2noc(C3COc4ccccc4O3)n2)ccc1F. The van der Waals surface area contributed by atoms with Crippen LogP contribution in [-0.4, -0.2) is 41.6 Å². The number of carbonyl (C=O) groups excluding carboxylic acids is 1. The van der Waals surface area contributed by atoms with Crippen molar-refractivity contribution in [3.8, 4) is 11.5 Å². The van der Waals surface area contributed by atoms with Crippen molar-refractivity contribution in [3.05, 3.63) is 65.6 Å². The fourth-order valence-corrected chi connectivity index (χ4v) is 2.83. The summed E-state index contributed by atoms with van der Waals surface area (Å²) in [4.78, 5) is 17.7. The van der Waals surface area contributed by atoms with Gasteiger partial charge < -0.3 is 24.2 Å². The number of amides is 1. The van der Waals surface area contributed by atoms with Gasteiger partial charge in [0.2, 0.25) is 6.10 Å². The second-order valence-corrected chi connectivity index (χ2v) is 6.66. The van der Waals surface area contributed by atoms with Crippen molar-refractivity contribution in [2.24, 2.45) is 0 Å². The second-order valence-electron chi connectivity index (χ2n) is 6.66. The highest BCUT2D eigenvalue weighted by Crippen LogP contribution is 2.35. The number of hydrogen-bond donors (Lipinski definition) is 1. The van der Waals surface area contributed by atoms with Crippen LogP contribution in [0.25, 0.3) is 0 Å². The zero-order chi connectivity index (χ0) is 20.4. The van der Waals surface area contributed by atoms with Crippen molar-refractivity contribution in [1.82, 2.24) is 15.0 Å². The van der Waals surface area contributed by atoms with E-state index in [1.807, 2.05) is 24.3 Å². The van der Waals surface area contributed by atoms with Crippen LogP contribution in [0.15, 0.2) is 47.0 Å². The van der Waals surface area contributed by atoms with Crippen molar-refractivity contribution < 1.29 is 23.2 Å². The fraction of sp³-hybridized carbons (Fsp3) is 0.250. The van der Waals surface area contributed by atoms with E-state index in [2.05, 4.69) is 15.5 Å². The van der Waals surface area contributed by atoms with Gasteiger partial charge in [-0.1, -0.05) is 17.3 Å². The van der Waals surface area contributed by atoms with Gasteiger partial charge in [-0.25, -0.2) is 4.39 Å². The first-order valence-corrected chi connectivity index (χ1v) is 8.97. The molecule has 0 saturated heterocycles. The van der Waals surface area contributed by atoms with Crippen molar-refractivity contribution in [1.29, 1.82) is 0 Å². The highest BCUT2D eigenvalue weighted by Gasteiger charge is 2.27. The van der Waals surface area contributed by atoms with Gasteiger partial charge in [-0.3, -0.25) is 4.79 Å². The Morgan fingerprint density at radius 2 is 2.03 bits per heavy atom. The minimum Gasteiger partial charge on any atom is -0.485 e. The van der Waals surface area contributed by atoms with Crippen molar-refractivity contribution in [2.45, 2.75) is 12.6 Å². The van der Waals surface area contributed by atoms with Crippen LogP contribution >= 0.6 is 0 Å². The van der Waals surface area contributed by atoms with Gasteiger partial charge in [0.25, 0.3) is 11.8 Å². The fourth-order valence-electron chi connectivity index (χ4n) is 2.83. The summed E-state index contributed by atoms with van der Waals surface area (Å²) in [6.45, 7) is 0.495. The first kappa shape index (κ1) is 18.7. The smallest absolute Gasteiger partial charge is 0.271 e. The Labute approximate surface area is 166 Å². The lowest BCUT2D eigenvalue weighted by Crippen LogP contribution is -2.23. The maximum absolute atomic E-state index is 13.9. The predicted molar refractivity (Wildman–Crippen MR) is 101 cm³/mol. The largest absolute Gasteiger partial charge is 0.485 e. The lowest BCUT2D eigenvalue weighted by molar-refractivity contribution is 0.0665. The van der Waals surface area contributed by atoms with E-state index >= 15 is 0 Å². The molecule has 3 aromatic rings. The van der Waals surface area contributed by atoms with Crippen LogP contribution in [0.2, 0.25) is 0 Å². The number of anilines is 1. The average molecular weight is 398 g/mol. The third-order valence-electron chi connectivity index (χ3n) is 4.32. The summed E-state index contributed by atoms with van der Waals surface area (Å²) in [6.07, 6.45) is -0.499. The molecule has 1 amide bonds. The Morgan fingerprint density at radius 1 is 1.24 bits per heavy atom. The molecule has 2 heterocycles. The summed E-state index contributed by atoms with van der Waals surface area (Å²) in [5.41, 5.74) is 0.550. The molecule has 0 radical (unpaired) electrons. The minimum atomic E-state index is -0.578. The second kappa shape index (κ2) is 7.78. The Kier molecular flexibility index (Phi) is 5.03. The summed E-state index contributed by atoms with van der Waals surface area (Å²) >= 11 is 0. The lowest BCUT2D eigenvalue weighted by atomic mass is 10.1. The minimum absolute atomic E-state index is 0.0137. The zero-order valence-corrected chi connectivity index (χ0v) is 15.9. The molecule has 1 unspecified atom stereocenters. The van der Waals surface area contributed by atoms with Gasteiger partial charge in [-0.05, 0) is 30.3 Å². The number of fused-ring (bicyclic) bond motifs is 1. The average Bonchev–Trinajstić information content (AvgIpc) is 3.21. The van der Waals surface area contributed by atoms with Gasteiger partial charge in [0.15, 0.2) is 17.3 Å². The van der Waals surface area contributed by atoms with Crippen LogP contribution in [0, 0.1) is 5.82 Å². The van der Waals surface area contributed by atoms with Crippen molar-refractivity contribution in [2.75, 3.05) is 26.0 Å². The molecular formula is C20H19FN4O4. The molecule has 0 aliphatic carbocycles. The van der Waals surface area contributed by atoms with Gasteiger partial charge >= 0.3 is 0 Å². The molecule has 29 heavy (non-hydrogen) atoms. The van der Waals surface area contributed by atoms with Crippen LogP contribution in [0.4, 0.5) is 10.1 Å². The third-order valence-corrected chi connectivity index (χ3v) is 4.32. The number of carbonyl (C=O) groups is 1. The molecular weight excluding hydrogens is 379 g/mol. The number of aromatic nitrogens is 2. The maximum Gasteiger partial charge on any atom is 0.271 e. The maximum atomic E-state index is 13.9. The summed E-state index contributed by atoms with van der Waals surface area (Å²) < 4.78 is 30.7. The van der Waals surface area contributed by atoms with Crippen LogP contribution in [-0.2, 0) is 6.54 Å². The van der Waals surface area contributed by atoms with Crippen molar-refractivity contribution in [3.63, 3.8) is 0 Å². The molecule has 0 fully saturated rings. The predicted octanol–water partition coefficient (Wildman–Crippen LogP) is 3.04. The van der Waals surface area contributed by atoms with E-state index in [0.29, 0.717) is 28.9 Å². The van der Waals surface area contributed by atoms with Crippen LogP contribution < -0.4 is 14.8 Å². The van der Waals surface area contributed by atoms with E-state index in [1.165, 1.54) is 23.1 Å². The summed E-state index contributed by atoms with van der Waals surface area (Å²) in [7, 11) is 3.14. The molecule has 1 aliphatic heterocycles. The molecule has 1 atom stereocenters. The molecule has 0 saturated carbocycles. The Morgan fingerprint density at radius 3 is 2.83 bits per heavy atom. The number of nitrogens with zero attached hydrogens (tertiary/aromatic N) is 3. The quantitative estimate of drug-likeness (QED) is 0.706. The molecule has 1 aromatic heterocycles. The Balaban J connectivity index is 1.42. The first-order valence-electron chi connectivity index (χ1n) is 8.97. The number of hydrogen-bond acceptors (Lipinski definition) is 7. The molecule has 150 valence electrons. The number of nitrogens with one attached hydrogen (secondary N) is 1. The molecule has 9 heteroatoms. The number of rotatable bonds is 5. The highest BCUT2D eigenvalue weighted by atomic mass is 19.1. The first-order chi connectivity index (χ1) is 14.0. The van der Waals surface area contributed by atoms with Gasteiger partial charge in [0.1, 0.15) is 12.4 Å². The Hall–Kier alpha value is -3.62. The molecule has 1 N–H and O–H groups in total. The molecule has 8 nitrogen and oxygen atoms in total. The topological polar surface area (TPSA) is 89.7 Å². The number of halogens is 1. The van der Waals surface area contributed by atoms with E-state index in [4.69, 9.17) is 14.0 Å². The summed E-state index contributed by atoms with van der Waals surface area (Å²) in [5.74, 6) is 0.996. The van der Waals surface area contributed by atoms with E-state index in [1.54, 1.807) is 14.1 Å². The van der Waals surface area contributed by atoms with E-state index < -0.39 is 17.8 Å². The summed E-state index contributed by atoms with van der Waals surface area (Å²) in [5, 5.41) is 6.99. The van der Waals surface area contributed by atoms with Gasteiger partial charge in [-0.2, -0.15) is 4.98 Å². The van der Waals surface area contributed by atoms with Crippen LogP contribution in [0.1, 0.15) is 28.2 Å². The van der Waals surface area contributed by atoms with Gasteiger partial charge in [-0.15, -0.1) is 0 Å². The zero-order valence-electron chi connectivity index (χ0n) is 15.9. The summed E-state index contributed by atoms with van der Waals surface area (Å²) in [6, 6.07) is 11.6. The van der Waals surface area contributed by atoms with E-state index in [-0.39, 0.29) is 18.7 Å². The molecule has 1 aliphatic rings. The third kappa shape index (κ3) is 3.98. The van der Waals surface area contributed by atoms with E-state index in [9.17, 15) is 9.18 Å². The lowest BCUT2D eigenvalue weighted by Gasteiger charge is -2.23. The number of benzene rings is 2. The highest BCUT2D eigenvalue weighted by molar-refractivity contribution is 5.95. The Bertz CT molecular complexity index is 1040. The number of ether oxygens (including phenoxy) is 2.